The Morgan fingerprint density at radius 1 is 1.29 bits per heavy atom. The van der Waals surface area contributed by atoms with E-state index in [0.717, 1.165) is 0 Å². The smallest absolute Gasteiger partial charge is 0.255 e. The van der Waals surface area contributed by atoms with Crippen LogP contribution in [0.4, 0.5) is 5.82 Å². The van der Waals surface area contributed by atoms with Crippen LogP contribution in [0, 0.1) is 20.8 Å². The molecule has 17 heavy (non-hydrogen) atoms. The van der Waals surface area contributed by atoms with Crippen LogP contribution in [-0.2, 0) is 0 Å². The highest BCUT2D eigenvalue weighted by molar-refractivity contribution is 6.33. The molecule has 7 heteroatoms. The van der Waals surface area contributed by atoms with E-state index in [-0.39, 0.29) is 17.3 Å². The van der Waals surface area contributed by atoms with Gasteiger partial charge < -0.3 is 5.73 Å². The number of rotatable bonds is 1. The zero-order chi connectivity index (χ0) is 12.7. The number of nitrogens with two attached hydrogens (primary N) is 1. The third-order valence-electron chi connectivity index (χ3n) is 2.60. The summed E-state index contributed by atoms with van der Waals surface area (Å²) in [7, 11) is 0. The Hall–Kier alpha value is -1.82. The third-order valence-corrected chi connectivity index (χ3v) is 3.07. The van der Waals surface area contributed by atoms with Gasteiger partial charge in [-0.05, 0) is 20.8 Å². The first-order valence-electron chi connectivity index (χ1n) is 5.00. The second-order valence-corrected chi connectivity index (χ2v) is 4.17. The van der Waals surface area contributed by atoms with Crippen LogP contribution < -0.4 is 11.3 Å². The first kappa shape index (κ1) is 11.7. The number of anilines is 1. The predicted octanol–water partition coefficient (Wildman–Crippen LogP) is 1.12. The van der Waals surface area contributed by atoms with Gasteiger partial charge in [0.2, 0.25) is 5.95 Å². The Balaban J connectivity index is 2.69. The van der Waals surface area contributed by atoms with E-state index >= 15 is 0 Å². The monoisotopic (exact) mass is 253 g/mol. The number of nitrogen functional groups attached to an aromatic ring is 1. The fourth-order valence-corrected chi connectivity index (χ4v) is 1.54. The van der Waals surface area contributed by atoms with Crippen LogP contribution in [0.1, 0.15) is 17.0 Å². The van der Waals surface area contributed by atoms with Crippen LogP contribution in [0.15, 0.2) is 4.79 Å². The normalized spacial score (nSPS) is 10.8. The molecule has 0 aliphatic rings. The zero-order valence-corrected chi connectivity index (χ0v) is 10.5. The molecule has 0 saturated carbocycles. The summed E-state index contributed by atoms with van der Waals surface area (Å²) < 4.78 is 1.32. The van der Waals surface area contributed by atoms with Gasteiger partial charge in [-0.1, -0.05) is 11.6 Å². The molecule has 0 radical (unpaired) electrons. The summed E-state index contributed by atoms with van der Waals surface area (Å²) in [6.07, 6.45) is 0. The number of halogens is 1. The fraction of sp³-hybridized carbons (Fsp3) is 0.300. The highest BCUT2D eigenvalue weighted by Crippen LogP contribution is 2.23. The van der Waals surface area contributed by atoms with Crippen molar-refractivity contribution < 1.29 is 0 Å². The number of aromatic nitrogens is 4. The molecule has 6 nitrogen and oxygen atoms in total. The Labute approximate surface area is 102 Å². The van der Waals surface area contributed by atoms with E-state index in [2.05, 4.69) is 15.1 Å². The minimum atomic E-state index is -0.212. The number of nitrogens with zero attached hydrogens (tertiary/aromatic N) is 3. The van der Waals surface area contributed by atoms with E-state index in [9.17, 15) is 4.79 Å². The van der Waals surface area contributed by atoms with E-state index in [4.69, 9.17) is 17.3 Å². The van der Waals surface area contributed by atoms with Crippen molar-refractivity contribution in [2.45, 2.75) is 20.8 Å². The molecular formula is C10H12ClN5O. The molecule has 0 bridgehead atoms. The molecule has 2 aromatic rings. The SMILES string of the molecule is Cc1nn(-c2nc(C)c(C)c(=O)[nH]2)c(N)c1Cl. The van der Waals surface area contributed by atoms with Crippen LogP contribution >= 0.6 is 11.6 Å². The minimum Gasteiger partial charge on any atom is -0.382 e. The lowest BCUT2D eigenvalue weighted by molar-refractivity contribution is 0.787. The van der Waals surface area contributed by atoms with Gasteiger partial charge >= 0.3 is 0 Å². The molecule has 2 rings (SSSR count). The second-order valence-electron chi connectivity index (χ2n) is 3.80. The van der Waals surface area contributed by atoms with Gasteiger partial charge in [-0.25, -0.2) is 4.98 Å². The molecule has 2 heterocycles. The molecule has 0 amide bonds. The maximum atomic E-state index is 11.6. The number of H-pyrrole nitrogens is 1. The van der Waals surface area contributed by atoms with Crippen molar-refractivity contribution in [2.75, 3.05) is 5.73 Å². The fourth-order valence-electron chi connectivity index (χ4n) is 1.42. The summed E-state index contributed by atoms with van der Waals surface area (Å²) in [4.78, 5) is 18.5. The van der Waals surface area contributed by atoms with Gasteiger partial charge in [0, 0.05) is 11.3 Å². The van der Waals surface area contributed by atoms with Gasteiger partial charge in [-0.3, -0.25) is 9.78 Å². The lowest BCUT2D eigenvalue weighted by Gasteiger charge is -2.05. The quantitative estimate of drug-likeness (QED) is 0.797. The van der Waals surface area contributed by atoms with Crippen molar-refractivity contribution >= 4 is 17.4 Å². The Kier molecular flexibility index (Phi) is 2.66. The molecule has 0 aliphatic carbocycles. The van der Waals surface area contributed by atoms with Crippen molar-refractivity contribution in [3.8, 4) is 5.95 Å². The van der Waals surface area contributed by atoms with Crippen molar-refractivity contribution in [3.63, 3.8) is 0 Å². The van der Waals surface area contributed by atoms with E-state index < -0.39 is 0 Å². The third kappa shape index (κ3) is 1.80. The first-order valence-corrected chi connectivity index (χ1v) is 5.38. The van der Waals surface area contributed by atoms with E-state index in [1.165, 1.54) is 4.68 Å². The highest BCUT2D eigenvalue weighted by Gasteiger charge is 2.14. The lowest BCUT2D eigenvalue weighted by atomic mass is 10.3. The number of hydrogen-bond donors (Lipinski definition) is 2. The summed E-state index contributed by atoms with van der Waals surface area (Å²) in [5, 5.41) is 4.49. The molecule has 0 saturated heterocycles. The molecular weight excluding hydrogens is 242 g/mol. The largest absolute Gasteiger partial charge is 0.382 e. The minimum absolute atomic E-state index is 0.212. The molecule has 0 unspecified atom stereocenters. The Morgan fingerprint density at radius 2 is 1.94 bits per heavy atom. The van der Waals surface area contributed by atoms with Crippen molar-refractivity contribution in [1.29, 1.82) is 0 Å². The number of nitrogens with one attached hydrogen (secondary N) is 1. The molecule has 90 valence electrons. The molecule has 3 N–H and O–H groups in total. The van der Waals surface area contributed by atoms with Crippen molar-refractivity contribution in [2.24, 2.45) is 0 Å². The molecule has 0 fully saturated rings. The topological polar surface area (TPSA) is 89.6 Å². The number of aryl methyl sites for hydroxylation is 2. The highest BCUT2D eigenvalue weighted by atomic mass is 35.5. The Bertz CT molecular complexity index is 643. The summed E-state index contributed by atoms with van der Waals surface area (Å²) in [5.41, 5.74) is 7.36. The lowest BCUT2D eigenvalue weighted by Crippen LogP contribution is -2.18. The average molecular weight is 254 g/mol. The van der Waals surface area contributed by atoms with E-state index in [1.807, 2.05) is 0 Å². The molecule has 0 atom stereocenters. The van der Waals surface area contributed by atoms with Gasteiger partial charge in [0.15, 0.2) is 0 Å². The maximum absolute atomic E-state index is 11.6. The van der Waals surface area contributed by atoms with Gasteiger partial charge in [0.05, 0.1) is 5.69 Å². The number of aromatic amines is 1. The second kappa shape index (κ2) is 3.89. The standard InChI is InChI=1S/C10H12ClN5O/c1-4-5(2)13-10(14-9(4)17)16-8(12)7(11)6(3)15-16/h12H2,1-3H3,(H,13,14,17). The summed E-state index contributed by atoms with van der Waals surface area (Å²) >= 11 is 5.93. The predicted molar refractivity (Wildman–Crippen MR) is 65.6 cm³/mol. The summed E-state index contributed by atoms with van der Waals surface area (Å²) in [5.74, 6) is 0.529. The Morgan fingerprint density at radius 3 is 2.41 bits per heavy atom. The van der Waals surface area contributed by atoms with Gasteiger partial charge in [-0.2, -0.15) is 9.78 Å². The molecule has 0 aromatic carbocycles. The van der Waals surface area contributed by atoms with Crippen LogP contribution in [0.2, 0.25) is 5.02 Å². The van der Waals surface area contributed by atoms with Crippen molar-refractivity contribution in [1.82, 2.24) is 19.7 Å². The van der Waals surface area contributed by atoms with Gasteiger partial charge in [0.25, 0.3) is 5.56 Å². The van der Waals surface area contributed by atoms with E-state index in [1.54, 1.807) is 20.8 Å². The van der Waals surface area contributed by atoms with Crippen LogP contribution in [-0.4, -0.2) is 19.7 Å². The van der Waals surface area contributed by atoms with E-state index in [0.29, 0.717) is 22.0 Å². The van der Waals surface area contributed by atoms with Crippen LogP contribution in [0.3, 0.4) is 0 Å². The molecule has 0 spiro atoms. The number of hydrogen-bond acceptors (Lipinski definition) is 4. The summed E-state index contributed by atoms with van der Waals surface area (Å²) in [6.45, 7) is 5.19. The van der Waals surface area contributed by atoms with Crippen LogP contribution in [0.25, 0.3) is 5.95 Å². The first-order chi connectivity index (χ1) is 7.91. The van der Waals surface area contributed by atoms with Crippen LogP contribution in [0.5, 0.6) is 0 Å². The summed E-state index contributed by atoms with van der Waals surface area (Å²) in [6, 6.07) is 0. The zero-order valence-electron chi connectivity index (χ0n) is 9.71. The molecule has 0 aliphatic heterocycles. The molecule has 2 aromatic heterocycles. The average Bonchev–Trinajstić information content (AvgIpc) is 2.53. The van der Waals surface area contributed by atoms with Gasteiger partial charge in [-0.15, -0.1) is 0 Å². The van der Waals surface area contributed by atoms with Crippen molar-refractivity contribution in [3.05, 3.63) is 32.3 Å². The maximum Gasteiger partial charge on any atom is 0.255 e. The van der Waals surface area contributed by atoms with Gasteiger partial charge in [0.1, 0.15) is 10.8 Å².